The van der Waals surface area contributed by atoms with Gasteiger partial charge in [0.05, 0.1) is 0 Å². The first kappa shape index (κ1) is 6.95. The summed E-state index contributed by atoms with van der Waals surface area (Å²) in [6, 6.07) is 0. The van der Waals surface area contributed by atoms with E-state index in [4.69, 9.17) is 10.5 Å². The Morgan fingerprint density at radius 3 is 2.64 bits per heavy atom. The van der Waals surface area contributed by atoms with E-state index in [9.17, 15) is 4.79 Å². The van der Waals surface area contributed by atoms with E-state index >= 15 is 0 Å². The third-order valence-corrected chi connectivity index (χ3v) is 2.97. The third kappa shape index (κ3) is 1.08. The van der Waals surface area contributed by atoms with E-state index in [1.165, 1.54) is 25.7 Å². The zero-order chi connectivity index (χ0) is 7.90. The number of rotatable bonds is 1. The van der Waals surface area contributed by atoms with Crippen LogP contribution in [0.3, 0.4) is 0 Å². The molecule has 3 heteroatoms. The molecule has 2 saturated carbocycles. The molecule has 0 aromatic heterocycles. The smallest absolute Gasteiger partial charge is 0.404 e. The minimum Gasteiger partial charge on any atom is -0.446 e. The highest BCUT2D eigenvalue weighted by Crippen LogP contribution is 2.59. The Morgan fingerprint density at radius 1 is 1.45 bits per heavy atom. The molecule has 0 aromatic rings. The molecule has 0 radical (unpaired) electrons. The van der Waals surface area contributed by atoms with E-state index in [0.29, 0.717) is 5.41 Å². The van der Waals surface area contributed by atoms with Crippen molar-refractivity contribution in [2.75, 3.05) is 0 Å². The van der Waals surface area contributed by atoms with Crippen LogP contribution in [-0.4, -0.2) is 12.2 Å². The second-order valence-electron chi connectivity index (χ2n) is 3.70. The Morgan fingerprint density at radius 2 is 2.09 bits per heavy atom. The van der Waals surface area contributed by atoms with Gasteiger partial charge in [0.15, 0.2) is 0 Å². The fourth-order valence-electron chi connectivity index (χ4n) is 2.22. The molecule has 2 fully saturated rings. The van der Waals surface area contributed by atoms with Crippen LogP contribution in [0.15, 0.2) is 0 Å². The number of hydrogen-bond donors (Lipinski definition) is 1. The second-order valence-corrected chi connectivity index (χ2v) is 3.70. The summed E-state index contributed by atoms with van der Waals surface area (Å²) in [6.45, 7) is 0. The summed E-state index contributed by atoms with van der Waals surface area (Å²) in [5.74, 6) is 0. The Bertz CT molecular complexity index is 185. The monoisotopic (exact) mass is 155 g/mol. The Labute approximate surface area is 65.9 Å². The van der Waals surface area contributed by atoms with Gasteiger partial charge in [-0.3, -0.25) is 0 Å². The normalized spacial score (nSPS) is 32.2. The fourth-order valence-corrected chi connectivity index (χ4v) is 2.22. The molecule has 0 aliphatic heterocycles. The van der Waals surface area contributed by atoms with Crippen molar-refractivity contribution in [3.05, 3.63) is 0 Å². The van der Waals surface area contributed by atoms with Crippen molar-refractivity contribution in [2.45, 2.75) is 38.2 Å². The first-order valence-corrected chi connectivity index (χ1v) is 4.19. The van der Waals surface area contributed by atoms with Gasteiger partial charge >= 0.3 is 6.09 Å². The van der Waals surface area contributed by atoms with Gasteiger partial charge in [0, 0.05) is 5.41 Å². The molecule has 62 valence electrons. The lowest BCUT2D eigenvalue weighted by molar-refractivity contribution is 0.131. The third-order valence-electron chi connectivity index (χ3n) is 2.97. The van der Waals surface area contributed by atoms with E-state index in [1.807, 2.05) is 0 Å². The zero-order valence-corrected chi connectivity index (χ0v) is 6.51. The molecule has 1 spiro atoms. The van der Waals surface area contributed by atoms with Crippen LogP contribution in [0.25, 0.3) is 0 Å². The molecule has 1 unspecified atom stereocenters. The zero-order valence-electron chi connectivity index (χ0n) is 6.51. The number of amides is 1. The summed E-state index contributed by atoms with van der Waals surface area (Å²) in [5.41, 5.74) is 5.29. The van der Waals surface area contributed by atoms with Crippen molar-refractivity contribution in [3.63, 3.8) is 0 Å². The van der Waals surface area contributed by atoms with Crippen LogP contribution in [0, 0.1) is 5.41 Å². The maximum atomic E-state index is 10.4. The van der Waals surface area contributed by atoms with Crippen LogP contribution in [-0.2, 0) is 4.74 Å². The molecule has 0 heterocycles. The topological polar surface area (TPSA) is 52.3 Å². The first-order chi connectivity index (χ1) is 5.23. The average Bonchev–Trinajstić information content (AvgIpc) is 2.43. The minimum absolute atomic E-state index is 0.155. The van der Waals surface area contributed by atoms with Gasteiger partial charge in [-0.1, -0.05) is 12.8 Å². The van der Waals surface area contributed by atoms with E-state index in [2.05, 4.69) is 0 Å². The molecule has 2 aliphatic carbocycles. The Kier molecular flexibility index (Phi) is 1.34. The maximum absolute atomic E-state index is 10.4. The largest absolute Gasteiger partial charge is 0.446 e. The predicted octanol–water partition coefficient (Wildman–Crippen LogP) is 1.41. The van der Waals surface area contributed by atoms with Crippen LogP contribution in [0.5, 0.6) is 0 Å². The number of carbonyl (C=O) groups excluding carboxylic acids is 1. The SMILES string of the molecule is NC(=O)OC1CC12CCCC2. The van der Waals surface area contributed by atoms with Gasteiger partial charge in [-0.25, -0.2) is 4.79 Å². The van der Waals surface area contributed by atoms with Gasteiger partial charge in [-0.15, -0.1) is 0 Å². The summed E-state index contributed by atoms with van der Waals surface area (Å²) in [4.78, 5) is 10.4. The van der Waals surface area contributed by atoms with Crippen LogP contribution in [0.2, 0.25) is 0 Å². The van der Waals surface area contributed by atoms with Gasteiger partial charge in [0.2, 0.25) is 0 Å². The van der Waals surface area contributed by atoms with Gasteiger partial charge in [-0.2, -0.15) is 0 Å². The van der Waals surface area contributed by atoms with E-state index < -0.39 is 6.09 Å². The summed E-state index contributed by atoms with van der Waals surface area (Å²) in [7, 11) is 0. The summed E-state index contributed by atoms with van der Waals surface area (Å²) >= 11 is 0. The van der Waals surface area contributed by atoms with Crippen molar-refractivity contribution >= 4 is 6.09 Å². The maximum Gasteiger partial charge on any atom is 0.404 e. The molecule has 1 amide bonds. The van der Waals surface area contributed by atoms with Crippen LogP contribution in [0.1, 0.15) is 32.1 Å². The summed E-state index contributed by atoms with van der Waals surface area (Å²) in [5, 5.41) is 0. The molecule has 2 aliphatic rings. The number of hydrogen-bond acceptors (Lipinski definition) is 2. The molecule has 2 rings (SSSR count). The molecule has 2 N–H and O–H groups in total. The van der Waals surface area contributed by atoms with Crippen molar-refractivity contribution in [3.8, 4) is 0 Å². The highest BCUT2D eigenvalue weighted by molar-refractivity contribution is 5.65. The molecule has 0 aromatic carbocycles. The van der Waals surface area contributed by atoms with E-state index in [-0.39, 0.29) is 6.10 Å². The number of ether oxygens (including phenoxy) is 1. The summed E-state index contributed by atoms with van der Waals surface area (Å²) < 4.78 is 4.94. The van der Waals surface area contributed by atoms with Crippen molar-refractivity contribution in [1.29, 1.82) is 0 Å². The number of nitrogens with two attached hydrogens (primary N) is 1. The predicted molar refractivity (Wildman–Crippen MR) is 40.0 cm³/mol. The van der Waals surface area contributed by atoms with Crippen molar-refractivity contribution in [2.24, 2.45) is 11.1 Å². The lowest BCUT2D eigenvalue weighted by Crippen LogP contribution is -2.17. The minimum atomic E-state index is -0.612. The van der Waals surface area contributed by atoms with Gasteiger partial charge in [0.1, 0.15) is 6.10 Å². The van der Waals surface area contributed by atoms with Gasteiger partial charge in [-0.05, 0) is 19.3 Å². The Hall–Kier alpha value is -0.730. The molecular formula is C8H13NO2. The number of primary amides is 1. The standard InChI is InChI=1S/C8H13NO2/c9-7(10)11-6-5-8(6)3-1-2-4-8/h6H,1-5H2,(H2,9,10). The van der Waals surface area contributed by atoms with Crippen LogP contribution >= 0.6 is 0 Å². The van der Waals surface area contributed by atoms with E-state index in [1.54, 1.807) is 0 Å². The molecular weight excluding hydrogens is 142 g/mol. The van der Waals surface area contributed by atoms with Crippen LogP contribution < -0.4 is 5.73 Å². The number of carbonyl (C=O) groups is 1. The first-order valence-electron chi connectivity index (χ1n) is 4.19. The van der Waals surface area contributed by atoms with E-state index in [0.717, 1.165) is 6.42 Å². The lowest BCUT2D eigenvalue weighted by Gasteiger charge is -2.06. The second kappa shape index (κ2) is 2.13. The quantitative estimate of drug-likeness (QED) is 0.622. The average molecular weight is 155 g/mol. The van der Waals surface area contributed by atoms with Gasteiger partial charge in [0.25, 0.3) is 0 Å². The molecule has 1 atom stereocenters. The fraction of sp³-hybridized carbons (Fsp3) is 0.875. The molecule has 3 nitrogen and oxygen atoms in total. The van der Waals surface area contributed by atoms with Crippen molar-refractivity contribution < 1.29 is 9.53 Å². The Balaban J connectivity index is 1.88. The molecule has 0 saturated heterocycles. The lowest BCUT2D eigenvalue weighted by atomic mass is 10.1. The highest BCUT2D eigenvalue weighted by Gasteiger charge is 2.57. The molecule has 0 bridgehead atoms. The van der Waals surface area contributed by atoms with Gasteiger partial charge < -0.3 is 10.5 Å². The summed E-state index contributed by atoms with van der Waals surface area (Å²) in [6.07, 6.45) is 5.63. The van der Waals surface area contributed by atoms with Crippen molar-refractivity contribution in [1.82, 2.24) is 0 Å². The highest BCUT2D eigenvalue weighted by atomic mass is 16.6. The van der Waals surface area contributed by atoms with Crippen LogP contribution in [0.4, 0.5) is 4.79 Å². The molecule has 11 heavy (non-hydrogen) atoms.